The van der Waals surface area contributed by atoms with Crippen molar-refractivity contribution in [2.45, 2.75) is 39.8 Å². The predicted molar refractivity (Wildman–Crippen MR) is 120 cm³/mol. The molecule has 1 aromatic heterocycles. The average Bonchev–Trinajstić information content (AvgIpc) is 2.72. The van der Waals surface area contributed by atoms with Crippen LogP contribution in [0.4, 0.5) is 11.8 Å². The fourth-order valence-electron chi connectivity index (χ4n) is 3.23. The predicted octanol–water partition coefficient (Wildman–Crippen LogP) is 4.86. The quantitative estimate of drug-likeness (QED) is 0.565. The van der Waals surface area contributed by atoms with Gasteiger partial charge in [0.15, 0.2) is 0 Å². The fraction of sp³-hybridized carbons (Fsp3) is 0.333. The third-order valence-electron chi connectivity index (χ3n) is 4.78. The van der Waals surface area contributed by atoms with Crippen molar-refractivity contribution in [3.8, 4) is 5.75 Å². The lowest BCUT2D eigenvalue weighted by Gasteiger charge is -2.28. The van der Waals surface area contributed by atoms with Crippen molar-refractivity contribution in [2.24, 2.45) is 0 Å². The molecule has 5 heteroatoms. The number of aromatic nitrogens is 2. The molecule has 0 aliphatic carbocycles. The minimum Gasteiger partial charge on any atom is -0.497 e. The Morgan fingerprint density at radius 3 is 2.45 bits per heavy atom. The van der Waals surface area contributed by atoms with Gasteiger partial charge in [-0.3, -0.25) is 0 Å². The standard InChI is InChI=1S/C24H30N4O/c1-18(2)28(17-21-9-6-5-7-10-21)23-15-19(3)26-24(27-23)25-14-13-20-11-8-12-22(16-20)29-4/h5-12,15-16,18H,13-14,17H2,1-4H3,(H,25,26,27). The Morgan fingerprint density at radius 2 is 1.72 bits per heavy atom. The SMILES string of the molecule is COc1cccc(CCNc2nc(C)cc(N(Cc3ccccc3)C(C)C)n2)c1. The first-order chi connectivity index (χ1) is 14.0. The smallest absolute Gasteiger partial charge is 0.224 e. The summed E-state index contributed by atoms with van der Waals surface area (Å²) < 4.78 is 5.30. The molecule has 0 aliphatic rings. The van der Waals surface area contributed by atoms with Crippen LogP contribution in [0.25, 0.3) is 0 Å². The zero-order valence-corrected chi connectivity index (χ0v) is 17.7. The zero-order chi connectivity index (χ0) is 20.6. The second kappa shape index (κ2) is 9.92. The molecule has 0 unspecified atom stereocenters. The highest BCUT2D eigenvalue weighted by molar-refractivity contribution is 5.46. The van der Waals surface area contributed by atoms with Gasteiger partial charge in [0.1, 0.15) is 11.6 Å². The maximum atomic E-state index is 5.30. The van der Waals surface area contributed by atoms with Gasteiger partial charge in [0.05, 0.1) is 7.11 Å². The van der Waals surface area contributed by atoms with Crippen molar-refractivity contribution >= 4 is 11.8 Å². The van der Waals surface area contributed by atoms with Crippen LogP contribution in [0, 0.1) is 6.92 Å². The number of methoxy groups -OCH3 is 1. The van der Waals surface area contributed by atoms with Crippen LogP contribution < -0.4 is 15.0 Å². The molecule has 1 N–H and O–H groups in total. The first-order valence-electron chi connectivity index (χ1n) is 10.1. The molecule has 152 valence electrons. The third kappa shape index (κ3) is 5.95. The van der Waals surface area contributed by atoms with Gasteiger partial charge in [-0.2, -0.15) is 4.98 Å². The molecule has 29 heavy (non-hydrogen) atoms. The van der Waals surface area contributed by atoms with Crippen molar-refractivity contribution < 1.29 is 4.74 Å². The minimum atomic E-state index is 0.328. The Bertz CT molecular complexity index is 912. The first kappa shape index (κ1) is 20.6. The minimum absolute atomic E-state index is 0.328. The number of nitrogens with zero attached hydrogens (tertiary/aromatic N) is 3. The van der Waals surface area contributed by atoms with Crippen molar-refractivity contribution in [3.05, 3.63) is 77.5 Å². The average molecular weight is 391 g/mol. The third-order valence-corrected chi connectivity index (χ3v) is 4.78. The van der Waals surface area contributed by atoms with E-state index in [9.17, 15) is 0 Å². The molecule has 0 bridgehead atoms. The fourth-order valence-corrected chi connectivity index (χ4v) is 3.23. The van der Waals surface area contributed by atoms with Crippen molar-refractivity contribution in [3.63, 3.8) is 0 Å². The molecule has 0 atom stereocenters. The molecule has 0 radical (unpaired) electrons. The molecular weight excluding hydrogens is 360 g/mol. The van der Waals surface area contributed by atoms with Crippen LogP contribution in [0.2, 0.25) is 0 Å². The van der Waals surface area contributed by atoms with Gasteiger partial charge in [-0.25, -0.2) is 4.98 Å². The number of anilines is 2. The van der Waals surface area contributed by atoms with E-state index in [0.29, 0.717) is 12.0 Å². The van der Waals surface area contributed by atoms with Gasteiger partial charge in [-0.05, 0) is 50.5 Å². The second-order valence-electron chi connectivity index (χ2n) is 7.43. The topological polar surface area (TPSA) is 50.3 Å². The monoisotopic (exact) mass is 390 g/mol. The largest absolute Gasteiger partial charge is 0.497 e. The van der Waals surface area contributed by atoms with E-state index in [1.165, 1.54) is 11.1 Å². The molecule has 0 amide bonds. The van der Waals surface area contributed by atoms with Gasteiger partial charge in [-0.15, -0.1) is 0 Å². The van der Waals surface area contributed by atoms with Gasteiger partial charge >= 0.3 is 0 Å². The highest BCUT2D eigenvalue weighted by atomic mass is 16.5. The number of aryl methyl sites for hydroxylation is 1. The Morgan fingerprint density at radius 1 is 0.966 bits per heavy atom. The summed E-state index contributed by atoms with van der Waals surface area (Å²) in [6.07, 6.45) is 0.877. The van der Waals surface area contributed by atoms with E-state index < -0.39 is 0 Å². The van der Waals surface area contributed by atoms with Crippen LogP contribution in [-0.2, 0) is 13.0 Å². The lowest BCUT2D eigenvalue weighted by Crippen LogP contribution is -2.31. The highest BCUT2D eigenvalue weighted by Crippen LogP contribution is 2.20. The number of benzene rings is 2. The summed E-state index contributed by atoms with van der Waals surface area (Å²) in [4.78, 5) is 11.7. The molecule has 0 aliphatic heterocycles. The second-order valence-corrected chi connectivity index (χ2v) is 7.43. The van der Waals surface area contributed by atoms with Gasteiger partial charge in [0.2, 0.25) is 5.95 Å². The summed E-state index contributed by atoms with van der Waals surface area (Å²) in [6.45, 7) is 7.97. The van der Waals surface area contributed by atoms with E-state index in [1.807, 2.05) is 25.1 Å². The van der Waals surface area contributed by atoms with E-state index in [4.69, 9.17) is 9.72 Å². The van der Waals surface area contributed by atoms with Crippen LogP contribution in [0.15, 0.2) is 60.7 Å². The summed E-state index contributed by atoms with van der Waals surface area (Å²) in [5.74, 6) is 2.49. The summed E-state index contributed by atoms with van der Waals surface area (Å²) in [5.41, 5.74) is 3.44. The zero-order valence-electron chi connectivity index (χ0n) is 17.7. The van der Waals surface area contributed by atoms with E-state index in [1.54, 1.807) is 7.11 Å². The normalized spacial score (nSPS) is 10.8. The van der Waals surface area contributed by atoms with Crippen molar-refractivity contribution in [1.82, 2.24) is 9.97 Å². The van der Waals surface area contributed by atoms with E-state index in [2.05, 4.69) is 71.5 Å². The molecular formula is C24H30N4O. The van der Waals surface area contributed by atoms with E-state index >= 15 is 0 Å². The van der Waals surface area contributed by atoms with E-state index in [-0.39, 0.29) is 0 Å². The lowest BCUT2D eigenvalue weighted by molar-refractivity contribution is 0.414. The van der Waals surface area contributed by atoms with Crippen LogP contribution in [-0.4, -0.2) is 29.7 Å². The molecule has 3 rings (SSSR count). The van der Waals surface area contributed by atoms with Crippen LogP contribution in [0.1, 0.15) is 30.7 Å². The number of hydrogen-bond acceptors (Lipinski definition) is 5. The highest BCUT2D eigenvalue weighted by Gasteiger charge is 2.14. The van der Waals surface area contributed by atoms with Crippen LogP contribution >= 0.6 is 0 Å². The van der Waals surface area contributed by atoms with Gasteiger partial charge < -0.3 is 15.0 Å². The van der Waals surface area contributed by atoms with Gasteiger partial charge in [0.25, 0.3) is 0 Å². The Kier molecular flexibility index (Phi) is 7.06. The van der Waals surface area contributed by atoms with Crippen LogP contribution in [0.5, 0.6) is 5.75 Å². The Labute approximate surface area is 173 Å². The Hall–Kier alpha value is -3.08. The summed E-state index contributed by atoms with van der Waals surface area (Å²) >= 11 is 0. The number of hydrogen-bond donors (Lipinski definition) is 1. The van der Waals surface area contributed by atoms with E-state index in [0.717, 1.165) is 36.8 Å². The summed E-state index contributed by atoms with van der Waals surface area (Å²) in [7, 11) is 1.69. The Balaban J connectivity index is 1.70. The number of rotatable bonds is 9. The van der Waals surface area contributed by atoms with Gasteiger partial charge in [0, 0.05) is 30.9 Å². The van der Waals surface area contributed by atoms with Crippen molar-refractivity contribution in [2.75, 3.05) is 23.9 Å². The number of ether oxygens (including phenoxy) is 1. The molecule has 3 aromatic rings. The summed E-state index contributed by atoms with van der Waals surface area (Å²) in [5, 5.41) is 3.38. The molecule has 2 aromatic carbocycles. The van der Waals surface area contributed by atoms with Crippen molar-refractivity contribution in [1.29, 1.82) is 0 Å². The molecule has 0 spiro atoms. The molecule has 0 fully saturated rings. The summed E-state index contributed by atoms with van der Waals surface area (Å²) in [6, 6.07) is 21.0. The molecule has 0 saturated heterocycles. The lowest BCUT2D eigenvalue weighted by atomic mass is 10.1. The first-order valence-corrected chi connectivity index (χ1v) is 10.1. The molecule has 0 saturated carbocycles. The number of nitrogens with one attached hydrogen (secondary N) is 1. The molecule has 1 heterocycles. The molecule has 5 nitrogen and oxygen atoms in total. The van der Waals surface area contributed by atoms with Crippen LogP contribution in [0.3, 0.4) is 0 Å². The maximum Gasteiger partial charge on any atom is 0.224 e. The van der Waals surface area contributed by atoms with Gasteiger partial charge in [-0.1, -0.05) is 42.5 Å². The maximum absolute atomic E-state index is 5.30.